The van der Waals surface area contributed by atoms with E-state index >= 15 is 0 Å². The first-order valence-corrected chi connectivity index (χ1v) is 40.8. The minimum atomic E-state index is -0.405. The van der Waals surface area contributed by atoms with Gasteiger partial charge in [-0.3, -0.25) is 19.5 Å². The van der Waals surface area contributed by atoms with Gasteiger partial charge >= 0.3 is 5.97 Å². The highest BCUT2D eigenvalue weighted by Crippen LogP contribution is 2.24. The van der Waals surface area contributed by atoms with Crippen LogP contribution in [0, 0.1) is 0 Å². The van der Waals surface area contributed by atoms with Gasteiger partial charge in [0.2, 0.25) is 0 Å². The van der Waals surface area contributed by atoms with Gasteiger partial charge < -0.3 is 30.1 Å². The average Bonchev–Trinajstić information content (AvgIpc) is 3.62. The zero-order valence-corrected chi connectivity index (χ0v) is 60.7. The van der Waals surface area contributed by atoms with Gasteiger partial charge in [-0.15, -0.1) is 0 Å². The highest BCUT2D eigenvalue weighted by molar-refractivity contribution is 8.76. The largest absolute Gasteiger partial charge is 0.464 e. The summed E-state index contributed by atoms with van der Waals surface area (Å²) >= 11 is 0. The predicted molar refractivity (Wildman–Crippen MR) is 393 cm³/mol. The Morgan fingerprint density at radius 2 is 0.697 bits per heavy atom. The first-order valence-electron chi connectivity index (χ1n) is 38.3. The normalized spacial score (nSPS) is 15.2. The molecule has 1 fully saturated rings. The van der Waals surface area contributed by atoms with Crippen molar-refractivity contribution >= 4 is 27.6 Å². The van der Waals surface area contributed by atoms with E-state index in [1.54, 1.807) is 0 Å². The Kier molecular flexibility index (Phi) is 65.8. The number of aliphatic hydroxyl groups is 4. The number of nitrogens with zero attached hydrogens (tertiary/aromatic N) is 4. The molecule has 10 nitrogen and oxygen atoms in total. The molecule has 0 amide bonds. The molecule has 4 atom stereocenters. The van der Waals surface area contributed by atoms with Crippen molar-refractivity contribution in [3.8, 4) is 0 Å². The summed E-state index contributed by atoms with van der Waals surface area (Å²) in [5, 5.41) is 44.4. The summed E-state index contributed by atoms with van der Waals surface area (Å²) in [6.45, 7) is 19.6. The summed E-state index contributed by atoms with van der Waals surface area (Å²) in [5.41, 5.74) is 0. The molecule has 1 rings (SSSR count). The van der Waals surface area contributed by atoms with Gasteiger partial charge in [-0.25, -0.2) is 0 Å². The van der Waals surface area contributed by atoms with E-state index in [2.05, 4.69) is 95.9 Å². The van der Waals surface area contributed by atoms with Crippen molar-refractivity contribution in [2.75, 3.05) is 96.6 Å². The molecular weight excluding hydrogens is 1140 g/mol. The summed E-state index contributed by atoms with van der Waals surface area (Å²) in [4.78, 5) is 22.5. The summed E-state index contributed by atoms with van der Waals surface area (Å²) in [6.07, 6.45) is 68.9. The van der Waals surface area contributed by atoms with Crippen LogP contribution in [0.3, 0.4) is 0 Å². The highest BCUT2D eigenvalue weighted by Gasteiger charge is 2.20. The fourth-order valence-electron chi connectivity index (χ4n) is 12.1. The van der Waals surface area contributed by atoms with Crippen LogP contribution in [0.2, 0.25) is 0 Å². The molecule has 1 aliphatic rings. The Labute approximate surface area is 560 Å². The molecule has 0 aromatic heterocycles. The SMILES string of the molecule is CCCCC/C=C\C/C=C\CCCCCCC(O)CN(CCCCSSCCCN1CCN(CCOC(=O)CCCN(CC(O)CCCCCCCCCC)CC(O)CCCCCCCCCC)CC1)CC(O)CCCCCC/C=C\C/C=C\CCCCC. The molecule has 4 N–H and O–H groups in total. The Bertz CT molecular complexity index is 1500. The number of carbonyl (C=O) groups excluding carboxylic acids is 1. The number of allylic oxidation sites excluding steroid dienone is 8. The van der Waals surface area contributed by atoms with Crippen LogP contribution in [0.15, 0.2) is 48.6 Å². The lowest BCUT2D eigenvalue weighted by Gasteiger charge is -2.34. The molecule has 0 aromatic carbocycles. The number of esters is 1. The molecule has 0 saturated carbocycles. The molecule has 4 unspecified atom stereocenters. The highest BCUT2D eigenvalue weighted by atomic mass is 33.1. The van der Waals surface area contributed by atoms with E-state index in [4.69, 9.17) is 4.74 Å². The molecule has 0 aromatic rings. The van der Waals surface area contributed by atoms with E-state index in [1.807, 2.05) is 21.6 Å². The number of aliphatic hydroxyl groups excluding tert-OH is 4. The smallest absolute Gasteiger partial charge is 0.305 e. The average molecular weight is 1290 g/mol. The van der Waals surface area contributed by atoms with Crippen LogP contribution >= 0.6 is 21.6 Å². The molecule has 524 valence electrons. The molecule has 0 aliphatic carbocycles. The standard InChI is InChI=1S/C77H148N4O6S2/c1-5-9-13-17-21-25-27-29-31-33-35-39-43-47-53-73(82)69-80(70-74(83)54-48-44-40-36-34-32-30-28-26-22-18-14-10-6-2)58-49-50-67-88-89-68-52-60-78-61-63-79(64-62-78)65-66-87-77(86)57-51-59-81(71-75(84)55-45-41-37-23-19-15-11-7-3)72-76(85)56-46-42-38-24-20-16-12-8-4/h21-22,25-26,29-32,73-76,82-85H,5-20,23-24,27-28,33-72H2,1-4H3/b25-21-,26-22-,31-29-,32-30-. The molecule has 0 bridgehead atoms. The lowest BCUT2D eigenvalue weighted by molar-refractivity contribution is -0.144. The molecule has 89 heavy (non-hydrogen) atoms. The van der Waals surface area contributed by atoms with Crippen molar-refractivity contribution in [1.82, 2.24) is 19.6 Å². The number of rotatable bonds is 69. The van der Waals surface area contributed by atoms with Crippen LogP contribution in [0.1, 0.15) is 317 Å². The Morgan fingerprint density at radius 1 is 0.382 bits per heavy atom. The van der Waals surface area contributed by atoms with E-state index in [9.17, 15) is 25.2 Å². The topological polar surface area (TPSA) is 120 Å². The third-order valence-corrected chi connectivity index (χ3v) is 20.4. The predicted octanol–water partition coefficient (Wildman–Crippen LogP) is 19.4. The number of ether oxygens (including phenoxy) is 1. The quantitative estimate of drug-likeness (QED) is 0.0201. The molecule has 0 spiro atoms. The molecule has 1 aliphatic heterocycles. The van der Waals surface area contributed by atoms with E-state index in [0.29, 0.717) is 52.2 Å². The molecule has 1 heterocycles. The van der Waals surface area contributed by atoms with Gasteiger partial charge in [-0.2, -0.15) is 0 Å². The first kappa shape index (κ1) is 85.8. The van der Waals surface area contributed by atoms with Crippen LogP contribution < -0.4 is 0 Å². The Hall–Kier alpha value is -1.19. The molecular formula is C77H148N4O6S2. The summed E-state index contributed by atoms with van der Waals surface area (Å²) in [5.74, 6) is 2.15. The third kappa shape index (κ3) is 61.4. The van der Waals surface area contributed by atoms with Crippen molar-refractivity contribution in [2.45, 2.75) is 341 Å². The van der Waals surface area contributed by atoms with Gasteiger partial charge in [0, 0.05) is 76.8 Å². The number of hydrogen-bond donors (Lipinski definition) is 4. The second-order valence-corrected chi connectivity index (χ2v) is 29.4. The van der Waals surface area contributed by atoms with Crippen molar-refractivity contribution in [3.63, 3.8) is 0 Å². The lowest BCUT2D eigenvalue weighted by Crippen LogP contribution is -2.47. The monoisotopic (exact) mass is 1290 g/mol. The van der Waals surface area contributed by atoms with Gasteiger partial charge in [0.05, 0.1) is 24.4 Å². The number of unbranched alkanes of at least 4 members (excludes halogenated alkanes) is 29. The maximum absolute atomic E-state index is 12.9. The van der Waals surface area contributed by atoms with Crippen molar-refractivity contribution in [1.29, 1.82) is 0 Å². The second kappa shape index (κ2) is 68.2. The summed E-state index contributed by atoms with van der Waals surface area (Å²) in [6, 6.07) is 0. The van der Waals surface area contributed by atoms with Gasteiger partial charge in [0.15, 0.2) is 0 Å². The zero-order chi connectivity index (χ0) is 64.4. The fourth-order valence-corrected chi connectivity index (χ4v) is 14.4. The van der Waals surface area contributed by atoms with E-state index in [0.717, 1.165) is 147 Å². The second-order valence-electron chi connectivity index (χ2n) is 26.7. The maximum Gasteiger partial charge on any atom is 0.305 e. The molecule has 0 radical (unpaired) electrons. The van der Waals surface area contributed by atoms with Gasteiger partial charge in [-0.05, 0) is 135 Å². The van der Waals surface area contributed by atoms with Crippen LogP contribution in [0.4, 0.5) is 0 Å². The number of hydrogen-bond acceptors (Lipinski definition) is 12. The first-order chi connectivity index (χ1) is 43.7. The number of carbonyl (C=O) groups is 1. The van der Waals surface area contributed by atoms with Gasteiger partial charge in [-0.1, -0.05) is 265 Å². The third-order valence-electron chi connectivity index (χ3n) is 17.9. The van der Waals surface area contributed by atoms with Crippen molar-refractivity contribution in [2.24, 2.45) is 0 Å². The van der Waals surface area contributed by atoms with Crippen LogP contribution in [0.5, 0.6) is 0 Å². The molecule has 1 saturated heterocycles. The van der Waals surface area contributed by atoms with E-state index in [-0.39, 0.29) is 18.2 Å². The van der Waals surface area contributed by atoms with Gasteiger partial charge in [0.25, 0.3) is 0 Å². The fraction of sp³-hybridized carbons (Fsp3) is 0.883. The van der Waals surface area contributed by atoms with Crippen molar-refractivity contribution < 1.29 is 30.0 Å². The summed E-state index contributed by atoms with van der Waals surface area (Å²) in [7, 11) is 4.01. The minimum absolute atomic E-state index is 0.143. The Morgan fingerprint density at radius 3 is 1.09 bits per heavy atom. The van der Waals surface area contributed by atoms with E-state index in [1.165, 1.54) is 186 Å². The summed E-state index contributed by atoms with van der Waals surface area (Å²) < 4.78 is 5.74. The maximum atomic E-state index is 12.9. The lowest BCUT2D eigenvalue weighted by atomic mass is 10.0. The van der Waals surface area contributed by atoms with Crippen LogP contribution in [-0.4, -0.2) is 167 Å². The van der Waals surface area contributed by atoms with E-state index < -0.39 is 12.2 Å². The van der Waals surface area contributed by atoms with Crippen molar-refractivity contribution in [3.05, 3.63) is 48.6 Å². The minimum Gasteiger partial charge on any atom is -0.464 e. The van der Waals surface area contributed by atoms with Gasteiger partial charge in [0.1, 0.15) is 6.61 Å². The Balaban J connectivity index is 2.39. The zero-order valence-electron chi connectivity index (χ0n) is 59.1. The van der Waals surface area contributed by atoms with Crippen LogP contribution in [-0.2, 0) is 9.53 Å². The van der Waals surface area contributed by atoms with Crippen LogP contribution in [0.25, 0.3) is 0 Å². The number of piperazine rings is 1. The molecule has 12 heteroatoms.